The zero-order chi connectivity index (χ0) is 15.5. The molecule has 1 rings (SSSR count). The van der Waals surface area contributed by atoms with Crippen LogP contribution in [0.4, 0.5) is 11.4 Å². The summed E-state index contributed by atoms with van der Waals surface area (Å²) in [6.45, 7) is 9.07. The Hall–Kier alpha value is -1.88. The van der Waals surface area contributed by atoms with Gasteiger partial charge in [0, 0.05) is 18.3 Å². The van der Waals surface area contributed by atoms with Crippen LogP contribution in [0.1, 0.15) is 33.3 Å². The molecule has 1 aromatic rings. The van der Waals surface area contributed by atoms with Crippen LogP contribution in [0, 0.1) is 12.3 Å². The van der Waals surface area contributed by atoms with E-state index in [1.54, 1.807) is 12.1 Å². The van der Waals surface area contributed by atoms with E-state index in [1.807, 2.05) is 33.8 Å². The molecule has 0 aromatic heterocycles. The molecule has 4 N–H and O–H groups in total. The van der Waals surface area contributed by atoms with Crippen LogP contribution in [-0.2, 0) is 9.59 Å². The summed E-state index contributed by atoms with van der Waals surface area (Å²) in [7, 11) is 0. The fraction of sp³-hybridized carbons (Fsp3) is 0.467. The van der Waals surface area contributed by atoms with Crippen molar-refractivity contribution in [1.82, 2.24) is 0 Å². The summed E-state index contributed by atoms with van der Waals surface area (Å²) in [6.07, 6.45) is 0. The molecule has 0 radical (unpaired) electrons. The first-order valence-electron chi connectivity index (χ1n) is 6.56. The van der Waals surface area contributed by atoms with Crippen molar-refractivity contribution in [3.05, 3.63) is 23.8 Å². The number of benzene rings is 1. The molecule has 1 atom stereocenters. The minimum Gasteiger partial charge on any atom is -0.326 e. The molecule has 0 unspecified atom stereocenters. The summed E-state index contributed by atoms with van der Waals surface area (Å²) in [4.78, 5) is 23.2. The van der Waals surface area contributed by atoms with Crippen LogP contribution in [-0.4, -0.2) is 17.9 Å². The number of nitrogens with two attached hydrogens (primary N) is 1. The molecule has 0 bridgehead atoms. The van der Waals surface area contributed by atoms with Gasteiger partial charge in [-0.3, -0.25) is 9.59 Å². The number of nitrogens with one attached hydrogen (secondary N) is 2. The van der Waals surface area contributed by atoms with Crippen LogP contribution >= 0.6 is 0 Å². The highest BCUT2D eigenvalue weighted by molar-refractivity contribution is 5.97. The van der Waals surface area contributed by atoms with Gasteiger partial charge in [-0.25, -0.2) is 0 Å². The van der Waals surface area contributed by atoms with Gasteiger partial charge in [-0.1, -0.05) is 26.8 Å². The Kier molecular flexibility index (Phi) is 4.89. The van der Waals surface area contributed by atoms with E-state index in [2.05, 4.69) is 10.6 Å². The van der Waals surface area contributed by atoms with Gasteiger partial charge in [0.2, 0.25) is 11.8 Å². The van der Waals surface area contributed by atoms with Crippen molar-refractivity contribution < 1.29 is 9.59 Å². The molecule has 2 amide bonds. The summed E-state index contributed by atoms with van der Waals surface area (Å²) in [5.74, 6) is -0.391. The maximum atomic E-state index is 12.1. The molecule has 1 aromatic carbocycles. The van der Waals surface area contributed by atoms with Gasteiger partial charge < -0.3 is 16.4 Å². The second-order valence-corrected chi connectivity index (χ2v) is 6.04. The Labute approximate surface area is 119 Å². The van der Waals surface area contributed by atoms with E-state index in [0.29, 0.717) is 11.4 Å². The number of carbonyl (C=O) groups is 2. The normalized spacial score (nSPS) is 12.7. The topological polar surface area (TPSA) is 84.2 Å². The molecule has 0 saturated heterocycles. The predicted octanol–water partition coefficient (Wildman–Crippen LogP) is 2.27. The van der Waals surface area contributed by atoms with Gasteiger partial charge in [-0.2, -0.15) is 0 Å². The SMILES string of the molecule is CC(=O)Nc1ccc(C)c(NC(=O)[C@H](N)C(C)(C)C)c1. The molecule has 0 saturated carbocycles. The van der Waals surface area contributed by atoms with E-state index in [-0.39, 0.29) is 17.2 Å². The van der Waals surface area contributed by atoms with Gasteiger partial charge in [0.1, 0.15) is 0 Å². The fourth-order valence-electron chi connectivity index (χ4n) is 1.64. The van der Waals surface area contributed by atoms with Gasteiger partial charge in [0.25, 0.3) is 0 Å². The molecule has 5 nitrogen and oxygen atoms in total. The van der Waals surface area contributed by atoms with Crippen LogP contribution in [0.15, 0.2) is 18.2 Å². The molecule has 0 spiro atoms. The summed E-state index contributed by atoms with van der Waals surface area (Å²) in [6, 6.07) is 4.75. The third kappa shape index (κ3) is 4.35. The first-order chi connectivity index (χ1) is 9.11. The molecule has 0 aliphatic rings. The third-order valence-electron chi connectivity index (χ3n) is 3.03. The molecule has 110 valence electrons. The highest BCUT2D eigenvalue weighted by Crippen LogP contribution is 2.23. The Morgan fingerprint density at radius 2 is 1.80 bits per heavy atom. The molecule has 0 aliphatic carbocycles. The first kappa shape index (κ1) is 16.2. The number of anilines is 2. The average Bonchev–Trinajstić information content (AvgIpc) is 2.30. The lowest BCUT2D eigenvalue weighted by Crippen LogP contribution is -2.45. The second kappa shape index (κ2) is 6.05. The molecule has 0 fully saturated rings. The number of hydrogen-bond donors (Lipinski definition) is 3. The third-order valence-corrected chi connectivity index (χ3v) is 3.03. The lowest BCUT2D eigenvalue weighted by Gasteiger charge is -2.26. The quantitative estimate of drug-likeness (QED) is 0.792. The second-order valence-electron chi connectivity index (χ2n) is 6.04. The number of rotatable bonds is 3. The summed E-state index contributed by atoms with van der Waals surface area (Å²) in [5.41, 5.74) is 7.82. The number of aryl methyl sites for hydroxylation is 1. The molecule has 5 heteroatoms. The van der Waals surface area contributed by atoms with Crippen molar-refractivity contribution in [1.29, 1.82) is 0 Å². The summed E-state index contributed by atoms with van der Waals surface area (Å²) in [5, 5.41) is 5.50. The maximum absolute atomic E-state index is 12.1. The van der Waals surface area contributed by atoms with Crippen molar-refractivity contribution in [2.75, 3.05) is 10.6 Å². The minimum absolute atomic E-state index is 0.155. The van der Waals surface area contributed by atoms with Gasteiger partial charge in [0.05, 0.1) is 6.04 Å². The van der Waals surface area contributed by atoms with E-state index in [9.17, 15) is 9.59 Å². The first-order valence-corrected chi connectivity index (χ1v) is 6.56. The van der Waals surface area contributed by atoms with E-state index < -0.39 is 6.04 Å². The maximum Gasteiger partial charge on any atom is 0.241 e. The van der Waals surface area contributed by atoms with Crippen molar-refractivity contribution in [3.63, 3.8) is 0 Å². The van der Waals surface area contributed by atoms with E-state index in [4.69, 9.17) is 5.73 Å². The van der Waals surface area contributed by atoms with Crippen LogP contribution < -0.4 is 16.4 Å². The predicted molar refractivity (Wildman–Crippen MR) is 81.5 cm³/mol. The van der Waals surface area contributed by atoms with Crippen molar-refractivity contribution in [2.24, 2.45) is 11.1 Å². The molecule has 0 aliphatic heterocycles. The van der Waals surface area contributed by atoms with Gasteiger partial charge in [-0.15, -0.1) is 0 Å². The molecular weight excluding hydrogens is 254 g/mol. The Morgan fingerprint density at radius 1 is 1.20 bits per heavy atom. The highest BCUT2D eigenvalue weighted by Gasteiger charge is 2.27. The van der Waals surface area contributed by atoms with Crippen LogP contribution in [0.2, 0.25) is 0 Å². The number of hydrogen-bond acceptors (Lipinski definition) is 3. The minimum atomic E-state index is -0.605. The van der Waals surface area contributed by atoms with Gasteiger partial charge >= 0.3 is 0 Å². The molecule has 20 heavy (non-hydrogen) atoms. The van der Waals surface area contributed by atoms with E-state index >= 15 is 0 Å². The zero-order valence-corrected chi connectivity index (χ0v) is 12.7. The van der Waals surface area contributed by atoms with Crippen LogP contribution in [0.5, 0.6) is 0 Å². The molecular formula is C15H23N3O2. The van der Waals surface area contributed by atoms with Crippen molar-refractivity contribution >= 4 is 23.2 Å². The largest absolute Gasteiger partial charge is 0.326 e. The van der Waals surface area contributed by atoms with E-state index in [0.717, 1.165) is 5.56 Å². The Balaban J connectivity index is 2.91. The smallest absolute Gasteiger partial charge is 0.241 e. The van der Waals surface area contributed by atoms with Gasteiger partial charge in [-0.05, 0) is 30.0 Å². The van der Waals surface area contributed by atoms with E-state index in [1.165, 1.54) is 6.92 Å². The molecule has 0 heterocycles. The monoisotopic (exact) mass is 277 g/mol. The Morgan fingerprint density at radius 3 is 2.30 bits per heavy atom. The van der Waals surface area contributed by atoms with Crippen LogP contribution in [0.3, 0.4) is 0 Å². The number of carbonyl (C=O) groups excluding carboxylic acids is 2. The summed E-state index contributed by atoms with van der Waals surface area (Å²) >= 11 is 0. The number of amides is 2. The van der Waals surface area contributed by atoms with Gasteiger partial charge in [0.15, 0.2) is 0 Å². The average molecular weight is 277 g/mol. The lowest BCUT2D eigenvalue weighted by molar-refractivity contribution is -0.119. The lowest BCUT2D eigenvalue weighted by atomic mass is 9.87. The standard InChI is InChI=1S/C15H23N3O2/c1-9-6-7-11(17-10(2)19)8-12(9)18-14(20)13(16)15(3,4)5/h6-8,13H,16H2,1-5H3,(H,17,19)(H,18,20)/t13-/m0/s1. The van der Waals surface area contributed by atoms with Crippen LogP contribution in [0.25, 0.3) is 0 Å². The Bertz CT molecular complexity index is 518. The highest BCUT2D eigenvalue weighted by atomic mass is 16.2. The zero-order valence-electron chi connectivity index (χ0n) is 12.7. The van der Waals surface area contributed by atoms with Crippen molar-refractivity contribution in [3.8, 4) is 0 Å². The van der Waals surface area contributed by atoms with Crippen molar-refractivity contribution in [2.45, 2.75) is 40.7 Å². The fourth-order valence-corrected chi connectivity index (χ4v) is 1.64. The summed E-state index contributed by atoms with van der Waals surface area (Å²) < 4.78 is 0.